The van der Waals surface area contributed by atoms with Crippen molar-refractivity contribution >= 4 is 29.1 Å². The molecule has 11 nitrogen and oxygen atoms in total. The number of benzene rings is 4. The van der Waals surface area contributed by atoms with E-state index in [4.69, 9.17) is 15.2 Å². The minimum absolute atomic E-state index is 0.00400. The molecule has 0 saturated carbocycles. The minimum Gasteiger partial charge on any atom is -0.379 e. The van der Waals surface area contributed by atoms with E-state index in [9.17, 15) is 14.4 Å². The van der Waals surface area contributed by atoms with Crippen LogP contribution >= 0.6 is 11.3 Å². The molecule has 4 aromatic carbocycles. The van der Waals surface area contributed by atoms with E-state index in [0.717, 1.165) is 35.3 Å². The van der Waals surface area contributed by atoms with E-state index in [1.807, 2.05) is 131 Å². The number of carbonyl (C=O) groups is 3. The van der Waals surface area contributed by atoms with Gasteiger partial charge in [-0.1, -0.05) is 91.0 Å². The molecule has 3 N–H and O–H groups in total. The molecule has 2 saturated heterocycles. The number of morpholine rings is 2. The van der Waals surface area contributed by atoms with Crippen molar-refractivity contribution < 1.29 is 23.9 Å². The lowest BCUT2D eigenvalue weighted by atomic mass is 10.1. The third-order valence-corrected chi connectivity index (χ3v) is 10.2. The smallest absolute Gasteiger partial charge is 0.268 e. The van der Waals surface area contributed by atoms with E-state index in [0.29, 0.717) is 81.7 Å². The Kier molecular flexibility index (Phi) is 14.7. The number of nitrogens with one attached hydrogen (secondary N) is 1. The van der Waals surface area contributed by atoms with Crippen molar-refractivity contribution in [3.05, 3.63) is 165 Å². The third-order valence-electron chi connectivity index (χ3n) is 9.31. The molecule has 2 fully saturated rings. The van der Waals surface area contributed by atoms with Gasteiger partial charge in [0.2, 0.25) is 0 Å². The van der Waals surface area contributed by atoms with Crippen molar-refractivity contribution in [2.24, 2.45) is 5.73 Å². The lowest BCUT2D eigenvalue weighted by molar-refractivity contribution is -0.0741. The molecular weight excluding hydrogens is 713 g/mol. The number of nitrogens with zero attached hydrogens (tertiary/aromatic N) is 4. The molecule has 5 aromatic rings. The van der Waals surface area contributed by atoms with Crippen LogP contribution in [0.2, 0.25) is 0 Å². The lowest BCUT2D eigenvalue weighted by Crippen LogP contribution is -2.51. The summed E-state index contributed by atoms with van der Waals surface area (Å²) < 4.78 is 10.9. The normalized spacial score (nSPS) is 14.6. The van der Waals surface area contributed by atoms with Gasteiger partial charge in [0.15, 0.2) is 0 Å². The predicted octanol–water partition coefficient (Wildman–Crippen LogP) is 5.60. The van der Waals surface area contributed by atoms with Crippen molar-refractivity contribution in [1.82, 2.24) is 25.4 Å². The van der Waals surface area contributed by atoms with Gasteiger partial charge in [0.25, 0.3) is 17.7 Å². The van der Waals surface area contributed by atoms with Crippen molar-refractivity contribution in [2.45, 2.75) is 26.2 Å². The number of ether oxygens (including phenoxy) is 2. The predicted molar refractivity (Wildman–Crippen MR) is 214 cm³/mol. The first-order chi connectivity index (χ1) is 27.0. The molecule has 55 heavy (non-hydrogen) atoms. The van der Waals surface area contributed by atoms with Gasteiger partial charge in [-0.05, 0) is 58.0 Å². The Hall–Kier alpha value is -5.21. The molecule has 0 aliphatic carbocycles. The molecule has 3 amide bonds. The Morgan fingerprint density at radius 3 is 1.45 bits per heavy atom. The Morgan fingerprint density at radius 2 is 1.04 bits per heavy atom. The van der Waals surface area contributed by atoms with E-state index in [1.165, 1.54) is 11.3 Å². The number of hydrogen-bond acceptors (Lipinski definition) is 9. The van der Waals surface area contributed by atoms with Gasteiger partial charge < -0.3 is 20.5 Å². The van der Waals surface area contributed by atoms with Crippen LogP contribution in [0.1, 0.15) is 52.6 Å². The fourth-order valence-corrected chi connectivity index (χ4v) is 6.87. The van der Waals surface area contributed by atoms with Gasteiger partial charge in [0.1, 0.15) is 0 Å². The molecule has 7 rings (SSSR count). The van der Waals surface area contributed by atoms with Crippen molar-refractivity contribution in [1.29, 1.82) is 0 Å². The average molecular weight is 761 g/mol. The van der Waals surface area contributed by atoms with E-state index >= 15 is 0 Å². The quantitative estimate of drug-likeness (QED) is 0.169. The fraction of sp³-hybridized carbons (Fsp3) is 0.279. The number of nitrogens with two attached hydrogens (primary N) is 1. The highest BCUT2D eigenvalue weighted by molar-refractivity contribution is 7.12. The fourth-order valence-electron chi connectivity index (χ4n) is 6.23. The number of rotatable bonds is 12. The molecule has 12 heteroatoms. The van der Waals surface area contributed by atoms with Crippen molar-refractivity contribution in [3.8, 4) is 0 Å². The molecule has 0 radical (unpaired) electrons. The number of amides is 3. The van der Waals surface area contributed by atoms with Gasteiger partial charge in [0, 0.05) is 50.4 Å². The van der Waals surface area contributed by atoms with E-state index in [-0.39, 0.29) is 17.7 Å². The second-order valence-electron chi connectivity index (χ2n) is 13.1. The van der Waals surface area contributed by atoms with Crippen LogP contribution in [0.4, 0.5) is 0 Å². The average Bonchev–Trinajstić information content (AvgIpc) is 3.81. The summed E-state index contributed by atoms with van der Waals surface area (Å²) in [5.74, 6) is -0.124. The third kappa shape index (κ3) is 11.4. The summed E-state index contributed by atoms with van der Waals surface area (Å²) in [6.07, 6.45) is 0. The van der Waals surface area contributed by atoms with Crippen LogP contribution in [0, 0.1) is 0 Å². The maximum atomic E-state index is 13.4. The van der Waals surface area contributed by atoms with Gasteiger partial charge >= 0.3 is 0 Å². The summed E-state index contributed by atoms with van der Waals surface area (Å²) in [7, 11) is 0. The highest BCUT2D eigenvalue weighted by atomic mass is 32.1. The highest BCUT2D eigenvalue weighted by Crippen LogP contribution is 2.18. The molecule has 1 aromatic heterocycles. The number of carbonyl (C=O) groups excluding carboxylic acids is 3. The minimum atomic E-state index is -0.0866. The molecule has 0 bridgehead atoms. The Bertz CT molecular complexity index is 1920. The zero-order valence-electron chi connectivity index (χ0n) is 30.9. The van der Waals surface area contributed by atoms with Crippen molar-refractivity contribution in [3.63, 3.8) is 0 Å². The van der Waals surface area contributed by atoms with Crippen LogP contribution in [-0.4, -0.2) is 90.4 Å². The maximum absolute atomic E-state index is 13.4. The number of hydrogen-bond donors (Lipinski definition) is 2. The van der Waals surface area contributed by atoms with Crippen molar-refractivity contribution in [2.75, 3.05) is 52.6 Å². The van der Waals surface area contributed by atoms with Crippen LogP contribution in [0.5, 0.6) is 0 Å². The Balaban J connectivity index is 0.000000193. The maximum Gasteiger partial charge on any atom is 0.268 e. The monoisotopic (exact) mass is 760 g/mol. The SMILES string of the molecule is NCc1ccc(C(=O)N(Cc2ccccc2)N2CCOCC2)cc1.O=C(NCc1ccc(C(=O)N(Cc2ccccc2)N2CCOCC2)cc1)c1cccs1. The second kappa shape index (κ2) is 20.5. The summed E-state index contributed by atoms with van der Waals surface area (Å²) in [5.41, 5.74) is 11.1. The van der Waals surface area contributed by atoms with E-state index < -0.39 is 0 Å². The van der Waals surface area contributed by atoms with Gasteiger partial charge in [-0.2, -0.15) is 0 Å². The van der Waals surface area contributed by atoms with Gasteiger partial charge in [0.05, 0.1) is 44.4 Å². The number of thiophene rings is 1. The first kappa shape index (κ1) is 39.5. The van der Waals surface area contributed by atoms with Crippen LogP contribution in [0.3, 0.4) is 0 Å². The molecule has 0 unspecified atom stereocenters. The zero-order valence-corrected chi connectivity index (χ0v) is 31.7. The first-order valence-electron chi connectivity index (χ1n) is 18.5. The summed E-state index contributed by atoms with van der Waals surface area (Å²) in [6, 6.07) is 38.7. The lowest BCUT2D eigenvalue weighted by Gasteiger charge is -2.37. The van der Waals surface area contributed by atoms with Crippen LogP contribution in [0.25, 0.3) is 0 Å². The number of hydrazine groups is 2. The molecule has 0 spiro atoms. The summed E-state index contributed by atoms with van der Waals surface area (Å²) in [5, 5.41) is 12.6. The van der Waals surface area contributed by atoms with Gasteiger partial charge in [-0.3, -0.25) is 24.4 Å². The van der Waals surface area contributed by atoms with E-state index in [2.05, 4.69) is 15.3 Å². The molecule has 2 aliphatic rings. The second-order valence-corrected chi connectivity index (χ2v) is 14.0. The van der Waals surface area contributed by atoms with Crippen LogP contribution in [-0.2, 0) is 35.7 Å². The summed E-state index contributed by atoms with van der Waals surface area (Å²) >= 11 is 1.41. The standard InChI is InChI=1S/C24H25N3O3S.C19H23N3O2/c28-23(22-7-4-16-31-22)25-17-19-8-10-21(11-9-19)24(29)27(26-12-14-30-15-13-26)18-20-5-2-1-3-6-20;20-14-16-6-8-18(9-7-16)19(23)22(21-10-12-24-13-11-21)15-17-4-2-1-3-5-17/h1-11,16H,12-15,17-18H2,(H,25,28);1-9H,10-15,20H2. The summed E-state index contributed by atoms with van der Waals surface area (Å²) in [4.78, 5) is 39.2. The summed E-state index contributed by atoms with van der Waals surface area (Å²) in [6.45, 7) is 7.29. The topological polar surface area (TPSA) is 121 Å². The molecule has 0 atom stereocenters. The largest absolute Gasteiger partial charge is 0.379 e. The van der Waals surface area contributed by atoms with Gasteiger partial charge in [-0.15, -0.1) is 11.3 Å². The molecule has 286 valence electrons. The molecule has 2 aliphatic heterocycles. The molecular formula is C43H48N6O5S. The van der Waals surface area contributed by atoms with Crippen LogP contribution < -0.4 is 11.1 Å². The van der Waals surface area contributed by atoms with Gasteiger partial charge in [-0.25, -0.2) is 10.0 Å². The van der Waals surface area contributed by atoms with Crippen LogP contribution in [0.15, 0.2) is 127 Å². The Labute approximate surface area is 326 Å². The Morgan fingerprint density at radius 1 is 0.582 bits per heavy atom. The molecule has 3 heterocycles. The highest BCUT2D eigenvalue weighted by Gasteiger charge is 2.26. The zero-order chi connectivity index (χ0) is 38.2. The first-order valence-corrected chi connectivity index (χ1v) is 19.4. The van der Waals surface area contributed by atoms with E-state index in [1.54, 1.807) is 6.07 Å².